The number of pyridine rings is 2. The van der Waals surface area contributed by atoms with Crippen LogP contribution in [0.15, 0.2) is 72.6 Å². The van der Waals surface area contributed by atoms with E-state index in [1.807, 2.05) is 6.07 Å². The van der Waals surface area contributed by atoms with Gasteiger partial charge in [-0.2, -0.15) is 5.26 Å². The number of anilines is 3. The summed E-state index contributed by atoms with van der Waals surface area (Å²) in [6.07, 6.45) is 7.16. The minimum absolute atomic E-state index is 0.142. The molecule has 0 aliphatic carbocycles. The first-order chi connectivity index (χ1) is 22.4. The zero-order chi connectivity index (χ0) is 32.0. The van der Waals surface area contributed by atoms with Crippen LogP contribution in [-0.2, 0) is 9.53 Å². The number of aromatic nitrogens is 2. The topological polar surface area (TPSA) is 122 Å². The largest absolute Gasteiger partial charge is 0.486 e. The molecule has 2 aromatic heterocycles. The van der Waals surface area contributed by atoms with Gasteiger partial charge in [-0.05, 0) is 57.0 Å². The van der Waals surface area contributed by atoms with E-state index in [4.69, 9.17) is 25.8 Å². The van der Waals surface area contributed by atoms with Gasteiger partial charge in [0, 0.05) is 67.2 Å². The second-order valence-electron chi connectivity index (χ2n) is 11.6. The highest BCUT2D eigenvalue weighted by Gasteiger charge is 2.22. The van der Waals surface area contributed by atoms with Gasteiger partial charge in [-0.3, -0.25) is 9.78 Å². The number of nitrogens with one attached hydrogen (secondary N) is 2. The maximum atomic E-state index is 13.3. The maximum absolute atomic E-state index is 13.3. The molecule has 46 heavy (non-hydrogen) atoms. The summed E-state index contributed by atoms with van der Waals surface area (Å²) in [5.74, 6) is 1.13. The molecule has 2 aromatic carbocycles. The molecule has 2 saturated heterocycles. The van der Waals surface area contributed by atoms with Crippen LogP contribution in [0, 0.1) is 11.3 Å². The molecular weight excluding hydrogens is 604 g/mol. The lowest BCUT2D eigenvalue weighted by molar-refractivity contribution is -0.112. The Labute approximate surface area is 272 Å². The van der Waals surface area contributed by atoms with Crippen LogP contribution in [0.2, 0.25) is 5.02 Å². The van der Waals surface area contributed by atoms with Crippen LogP contribution in [0.3, 0.4) is 0 Å². The van der Waals surface area contributed by atoms with Gasteiger partial charge in [0.2, 0.25) is 11.8 Å². The van der Waals surface area contributed by atoms with E-state index >= 15 is 0 Å². The first-order valence-electron chi connectivity index (χ1n) is 15.4. The van der Waals surface area contributed by atoms with E-state index in [2.05, 4.69) is 45.4 Å². The number of ether oxygens (including phenoxy) is 3. The average molecular weight is 639 g/mol. The van der Waals surface area contributed by atoms with E-state index in [0.29, 0.717) is 75.2 Å². The molecule has 6 rings (SSSR count). The van der Waals surface area contributed by atoms with E-state index in [1.54, 1.807) is 54.7 Å². The summed E-state index contributed by atoms with van der Waals surface area (Å²) in [7, 11) is 0. The van der Waals surface area contributed by atoms with Gasteiger partial charge < -0.3 is 29.7 Å². The van der Waals surface area contributed by atoms with Crippen molar-refractivity contribution < 1.29 is 19.0 Å². The molecule has 1 amide bonds. The van der Waals surface area contributed by atoms with Gasteiger partial charge in [-0.25, -0.2) is 4.98 Å². The third-order valence-corrected chi connectivity index (χ3v) is 8.38. The number of carbonyl (C=O) groups is 1. The van der Waals surface area contributed by atoms with E-state index in [1.165, 1.54) is 6.20 Å². The normalized spacial score (nSPS) is 16.7. The molecule has 0 radical (unpaired) electrons. The molecule has 0 bridgehead atoms. The third-order valence-electron chi connectivity index (χ3n) is 8.09. The van der Waals surface area contributed by atoms with Crippen LogP contribution in [0.1, 0.15) is 38.7 Å². The predicted octanol–water partition coefficient (Wildman–Crippen LogP) is 7.23. The number of carbonyl (C=O) groups excluding carboxylic acids is 1. The molecule has 10 nitrogen and oxygen atoms in total. The molecule has 2 aliphatic rings. The van der Waals surface area contributed by atoms with Crippen molar-refractivity contribution in [2.75, 3.05) is 36.9 Å². The van der Waals surface area contributed by atoms with Gasteiger partial charge in [0.05, 0.1) is 40.7 Å². The molecule has 2 fully saturated rings. The van der Waals surface area contributed by atoms with Crippen molar-refractivity contribution in [3.8, 4) is 23.4 Å². The van der Waals surface area contributed by atoms with E-state index < -0.39 is 0 Å². The SMILES string of the molecule is CC(C)N1CCC(=CC(=O)Nc2cc3c(Nc4ccc(Oc5ccccn5)c(Cl)c4)c(C#N)cnc3cc2OC2CCOC2)CC1. The minimum Gasteiger partial charge on any atom is -0.486 e. The Kier molecular flexibility index (Phi) is 9.64. The summed E-state index contributed by atoms with van der Waals surface area (Å²) < 4.78 is 17.6. The van der Waals surface area contributed by atoms with Crippen LogP contribution in [0.25, 0.3) is 10.9 Å². The van der Waals surface area contributed by atoms with Gasteiger partial charge >= 0.3 is 0 Å². The molecule has 2 N–H and O–H groups in total. The number of halogens is 1. The van der Waals surface area contributed by atoms with Crippen LogP contribution in [0.4, 0.5) is 17.1 Å². The number of nitriles is 1. The molecule has 1 atom stereocenters. The van der Waals surface area contributed by atoms with Crippen molar-refractivity contribution in [3.05, 3.63) is 83.2 Å². The van der Waals surface area contributed by atoms with Crippen molar-refractivity contribution in [2.24, 2.45) is 0 Å². The van der Waals surface area contributed by atoms with Gasteiger partial charge in [-0.1, -0.05) is 23.2 Å². The van der Waals surface area contributed by atoms with Gasteiger partial charge in [0.1, 0.15) is 23.7 Å². The number of amides is 1. The number of piperidine rings is 1. The number of likely N-dealkylation sites (tertiary alicyclic amines) is 1. The number of fused-ring (bicyclic) bond motifs is 1. The number of nitrogens with zero attached hydrogens (tertiary/aromatic N) is 4. The Balaban J connectivity index is 1.31. The summed E-state index contributed by atoms with van der Waals surface area (Å²) in [4.78, 5) is 24.5. The molecule has 2 aliphatic heterocycles. The van der Waals surface area contributed by atoms with Crippen molar-refractivity contribution >= 4 is 45.5 Å². The fraction of sp³-hybridized carbons (Fsp3) is 0.314. The zero-order valence-corrected chi connectivity index (χ0v) is 26.5. The summed E-state index contributed by atoms with van der Waals surface area (Å²) in [5.41, 5.74) is 3.67. The highest BCUT2D eigenvalue weighted by molar-refractivity contribution is 6.32. The lowest BCUT2D eigenvalue weighted by Gasteiger charge is -2.31. The predicted molar refractivity (Wildman–Crippen MR) is 178 cm³/mol. The summed E-state index contributed by atoms with van der Waals surface area (Å²) in [6, 6.07) is 16.9. The number of hydrogen-bond acceptors (Lipinski definition) is 9. The fourth-order valence-electron chi connectivity index (χ4n) is 5.57. The smallest absolute Gasteiger partial charge is 0.248 e. The van der Waals surface area contributed by atoms with Crippen molar-refractivity contribution in [2.45, 2.75) is 45.3 Å². The van der Waals surface area contributed by atoms with E-state index in [-0.39, 0.29) is 12.0 Å². The first kappa shape index (κ1) is 31.3. The lowest BCUT2D eigenvalue weighted by atomic mass is 10.0. The van der Waals surface area contributed by atoms with Crippen molar-refractivity contribution in [3.63, 3.8) is 0 Å². The first-order valence-corrected chi connectivity index (χ1v) is 15.8. The van der Waals surface area contributed by atoms with Crippen LogP contribution in [-0.4, -0.2) is 59.2 Å². The summed E-state index contributed by atoms with van der Waals surface area (Å²) in [6.45, 7) is 7.33. The monoisotopic (exact) mass is 638 g/mol. The molecular formula is C35H35ClN6O4. The number of benzene rings is 2. The lowest BCUT2D eigenvalue weighted by Crippen LogP contribution is -2.36. The molecule has 4 heterocycles. The van der Waals surface area contributed by atoms with Gasteiger partial charge in [0.25, 0.3) is 0 Å². The summed E-state index contributed by atoms with van der Waals surface area (Å²) >= 11 is 6.57. The second kappa shape index (κ2) is 14.2. The Morgan fingerprint density at radius 3 is 2.70 bits per heavy atom. The molecule has 236 valence electrons. The minimum atomic E-state index is -0.228. The Bertz CT molecular complexity index is 1790. The van der Waals surface area contributed by atoms with E-state index in [9.17, 15) is 10.1 Å². The highest BCUT2D eigenvalue weighted by Crippen LogP contribution is 2.38. The Morgan fingerprint density at radius 1 is 1.15 bits per heavy atom. The van der Waals surface area contributed by atoms with Crippen molar-refractivity contribution in [1.82, 2.24) is 14.9 Å². The van der Waals surface area contributed by atoms with Crippen LogP contribution in [0.5, 0.6) is 17.4 Å². The number of rotatable bonds is 9. The zero-order valence-electron chi connectivity index (χ0n) is 25.8. The highest BCUT2D eigenvalue weighted by atomic mass is 35.5. The summed E-state index contributed by atoms with van der Waals surface area (Å²) in [5, 5.41) is 17.4. The molecule has 0 spiro atoms. The number of hydrogen-bond donors (Lipinski definition) is 2. The molecule has 11 heteroatoms. The van der Waals surface area contributed by atoms with Gasteiger partial charge in [-0.15, -0.1) is 0 Å². The van der Waals surface area contributed by atoms with Crippen LogP contribution >= 0.6 is 11.6 Å². The second-order valence-corrected chi connectivity index (χ2v) is 12.0. The molecule has 1 unspecified atom stereocenters. The van der Waals surface area contributed by atoms with Crippen LogP contribution < -0.4 is 20.1 Å². The Hall–Kier alpha value is -4.69. The van der Waals surface area contributed by atoms with Gasteiger partial charge in [0.15, 0.2) is 0 Å². The fourth-order valence-corrected chi connectivity index (χ4v) is 5.79. The maximum Gasteiger partial charge on any atom is 0.248 e. The third kappa shape index (κ3) is 7.40. The standard InChI is InChI=1S/C35H35ClN6O4/c1-22(2)42-12-8-23(9-13-42)15-33(43)41-30-17-27-29(18-32(30)45-26-10-14-44-21-26)39-20-24(19-37)35(27)40-25-6-7-31(28(36)16-25)46-34-5-3-4-11-38-34/h3-7,11,15-18,20,22,26H,8-10,12-14,21H2,1-2H3,(H,39,40)(H,41,43). The van der Waals surface area contributed by atoms with E-state index in [0.717, 1.165) is 37.9 Å². The molecule has 4 aromatic rings. The van der Waals surface area contributed by atoms with Crippen molar-refractivity contribution in [1.29, 1.82) is 5.26 Å². The Morgan fingerprint density at radius 2 is 2.00 bits per heavy atom. The average Bonchev–Trinajstić information content (AvgIpc) is 3.57. The molecule has 0 saturated carbocycles. The quantitative estimate of drug-likeness (QED) is 0.183.